The highest BCUT2D eigenvalue weighted by atomic mass is 14.3. The van der Waals surface area contributed by atoms with E-state index in [9.17, 15) is 0 Å². The van der Waals surface area contributed by atoms with Crippen LogP contribution < -0.4 is 0 Å². The van der Waals surface area contributed by atoms with Gasteiger partial charge in [-0.3, -0.25) is 0 Å². The van der Waals surface area contributed by atoms with Crippen LogP contribution in [0.4, 0.5) is 0 Å². The van der Waals surface area contributed by atoms with E-state index < -0.39 is 0 Å². The Morgan fingerprint density at radius 2 is 0.594 bits per heavy atom. The van der Waals surface area contributed by atoms with Crippen LogP contribution >= 0.6 is 0 Å². The highest BCUT2D eigenvalue weighted by molar-refractivity contribution is 6.21. The molecule has 4 aromatic carbocycles. The lowest BCUT2D eigenvalue weighted by molar-refractivity contribution is 0.776. The largest absolute Gasteiger partial charge is 0.0622 e. The van der Waals surface area contributed by atoms with Gasteiger partial charge in [0.05, 0.1) is 0 Å². The zero-order chi connectivity index (χ0) is 21.6. The minimum Gasteiger partial charge on any atom is -0.0622 e. The molecule has 0 aromatic heterocycles. The molecule has 0 aliphatic heterocycles. The first-order valence-electron chi connectivity index (χ1n) is 11.6. The Balaban J connectivity index is 1.90. The summed E-state index contributed by atoms with van der Waals surface area (Å²) in [6.45, 7) is 0. The molecule has 0 heterocycles. The lowest BCUT2D eigenvalue weighted by atomic mass is 9.78. The van der Waals surface area contributed by atoms with Crippen LogP contribution in [0.5, 0.6) is 0 Å². The minimum absolute atomic E-state index is 1.09. The van der Waals surface area contributed by atoms with Gasteiger partial charge >= 0.3 is 0 Å². The quantitative estimate of drug-likeness (QED) is 0.314. The summed E-state index contributed by atoms with van der Waals surface area (Å²) in [6.07, 6.45) is 4.57. The van der Waals surface area contributed by atoms with Crippen molar-refractivity contribution in [2.75, 3.05) is 0 Å². The smallest absolute Gasteiger partial charge is 0.00643 e. The Kier molecular flexibility index (Phi) is 6.12. The van der Waals surface area contributed by atoms with Gasteiger partial charge in [0.1, 0.15) is 0 Å². The molecule has 0 saturated heterocycles. The highest BCUT2D eigenvalue weighted by Gasteiger charge is 2.23. The van der Waals surface area contributed by atoms with E-state index in [4.69, 9.17) is 0 Å². The van der Waals surface area contributed by atoms with Crippen molar-refractivity contribution in [3.63, 3.8) is 0 Å². The predicted molar refractivity (Wildman–Crippen MR) is 138 cm³/mol. The van der Waals surface area contributed by atoms with E-state index in [1.165, 1.54) is 57.4 Å². The van der Waals surface area contributed by atoms with Crippen molar-refractivity contribution in [2.45, 2.75) is 25.7 Å². The average Bonchev–Trinajstić information content (AvgIpc) is 2.86. The summed E-state index contributed by atoms with van der Waals surface area (Å²) >= 11 is 0. The monoisotopic (exact) mass is 412 g/mol. The van der Waals surface area contributed by atoms with Crippen molar-refractivity contribution in [2.24, 2.45) is 0 Å². The number of rotatable bonds is 4. The van der Waals surface area contributed by atoms with Gasteiger partial charge in [-0.05, 0) is 70.2 Å². The van der Waals surface area contributed by atoms with Crippen molar-refractivity contribution in [1.82, 2.24) is 0 Å². The summed E-state index contributed by atoms with van der Waals surface area (Å²) in [4.78, 5) is 0. The second kappa shape index (κ2) is 9.66. The highest BCUT2D eigenvalue weighted by Crippen LogP contribution is 2.46. The Hall–Kier alpha value is -3.64. The van der Waals surface area contributed by atoms with Crippen molar-refractivity contribution in [3.8, 4) is 0 Å². The second-order valence-corrected chi connectivity index (χ2v) is 8.38. The molecule has 0 spiro atoms. The first-order chi connectivity index (χ1) is 15.9. The van der Waals surface area contributed by atoms with Gasteiger partial charge in [-0.25, -0.2) is 0 Å². The van der Waals surface area contributed by atoms with Crippen LogP contribution in [0.15, 0.2) is 121 Å². The maximum absolute atomic E-state index is 2.27. The van der Waals surface area contributed by atoms with Gasteiger partial charge in [-0.1, -0.05) is 121 Å². The first-order valence-corrected chi connectivity index (χ1v) is 11.6. The molecule has 0 heteroatoms. The summed E-state index contributed by atoms with van der Waals surface area (Å²) < 4.78 is 0. The van der Waals surface area contributed by atoms with Crippen molar-refractivity contribution >= 4 is 22.3 Å². The molecule has 0 fully saturated rings. The fraction of sp³-hybridized carbons (Fsp3) is 0.125. The van der Waals surface area contributed by atoms with Crippen LogP contribution in [0.2, 0.25) is 0 Å². The van der Waals surface area contributed by atoms with E-state index in [1.807, 2.05) is 0 Å². The molecule has 0 amide bonds. The SMILES string of the molecule is c1ccc(C2=C(c3ccccc3)C(c3ccccc3)=C(c3ccccc3)CCCC2)cc1. The van der Waals surface area contributed by atoms with E-state index in [-0.39, 0.29) is 0 Å². The van der Waals surface area contributed by atoms with Crippen LogP contribution in [-0.2, 0) is 0 Å². The van der Waals surface area contributed by atoms with Crippen molar-refractivity contribution in [3.05, 3.63) is 144 Å². The number of hydrogen-bond acceptors (Lipinski definition) is 0. The zero-order valence-electron chi connectivity index (χ0n) is 18.4. The third-order valence-electron chi connectivity index (χ3n) is 6.33. The van der Waals surface area contributed by atoms with Gasteiger partial charge in [0.25, 0.3) is 0 Å². The fourth-order valence-corrected chi connectivity index (χ4v) is 4.86. The fourth-order valence-electron chi connectivity index (χ4n) is 4.86. The molecule has 0 bridgehead atoms. The minimum atomic E-state index is 1.09. The Morgan fingerprint density at radius 1 is 0.312 bits per heavy atom. The van der Waals surface area contributed by atoms with Crippen LogP contribution in [0.1, 0.15) is 47.9 Å². The van der Waals surface area contributed by atoms with E-state index in [0.29, 0.717) is 0 Å². The third-order valence-corrected chi connectivity index (χ3v) is 6.33. The molecule has 0 radical (unpaired) electrons. The Labute approximate surface area is 191 Å². The normalized spacial score (nSPS) is 14.8. The van der Waals surface area contributed by atoms with E-state index in [2.05, 4.69) is 121 Å². The van der Waals surface area contributed by atoms with Crippen molar-refractivity contribution < 1.29 is 0 Å². The summed E-state index contributed by atoms with van der Waals surface area (Å²) in [5.41, 5.74) is 10.9. The van der Waals surface area contributed by atoms with Gasteiger partial charge in [0.2, 0.25) is 0 Å². The van der Waals surface area contributed by atoms with Crippen LogP contribution in [0.3, 0.4) is 0 Å². The average molecular weight is 413 g/mol. The van der Waals surface area contributed by atoms with Crippen molar-refractivity contribution in [1.29, 1.82) is 0 Å². The van der Waals surface area contributed by atoms with E-state index in [0.717, 1.165) is 12.8 Å². The molecular weight excluding hydrogens is 384 g/mol. The zero-order valence-corrected chi connectivity index (χ0v) is 18.4. The lowest BCUT2D eigenvalue weighted by Crippen LogP contribution is -2.03. The van der Waals surface area contributed by atoms with E-state index in [1.54, 1.807) is 0 Å². The summed E-state index contributed by atoms with van der Waals surface area (Å²) in [5, 5.41) is 0. The summed E-state index contributed by atoms with van der Waals surface area (Å²) in [5.74, 6) is 0. The van der Waals surface area contributed by atoms with Gasteiger partial charge in [0.15, 0.2) is 0 Å². The summed E-state index contributed by atoms with van der Waals surface area (Å²) in [7, 11) is 0. The number of allylic oxidation sites excluding steroid dienone is 4. The first kappa shape index (κ1) is 20.3. The molecule has 156 valence electrons. The maximum Gasteiger partial charge on any atom is -0.00643 e. The molecule has 0 saturated carbocycles. The molecular formula is C32H28. The molecule has 0 unspecified atom stereocenters. The topological polar surface area (TPSA) is 0 Å². The lowest BCUT2D eigenvalue weighted by Gasteiger charge is -2.26. The summed E-state index contributed by atoms with van der Waals surface area (Å²) in [6, 6.07) is 43.9. The molecule has 0 N–H and O–H groups in total. The molecule has 4 aromatic rings. The predicted octanol–water partition coefficient (Wildman–Crippen LogP) is 8.78. The number of hydrogen-bond donors (Lipinski definition) is 0. The molecule has 1 aliphatic carbocycles. The van der Waals surface area contributed by atoms with Gasteiger partial charge in [-0.2, -0.15) is 0 Å². The molecule has 1 aliphatic rings. The van der Waals surface area contributed by atoms with Crippen LogP contribution in [-0.4, -0.2) is 0 Å². The molecule has 0 nitrogen and oxygen atoms in total. The third kappa shape index (κ3) is 4.22. The van der Waals surface area contributed by atoms with Gasteiger partial charge in [-0.15, -0.1) is 0 Å². The molecule has 32 heavy (non-hydrogen) atoms. The van der Waals surface area contributed by atoms with Crippen LogP contribution in [0.25, 0.3) is 22.3 Å². The van der Waals surface area contributed by atoms with E-state index >= 15 is 0 Å². The second-order valence-electron chi connectivity index (χ2n) is 8.38. The Morgan fingerprint density at radius 3 is 0.906 bits per heavy atom. The number of benzene rings is 4. The van der Waals surface area contributed by atoms with Gasteiger partial charge < -0.3 is 0 Å². The molecule has 5 rings (SSSR count). The van der Waals surface area contributed by atoms with Crippen LogP contribution in [0, 0.1) is 0 Å². The van der Waals surface area contributed by atoms with Gasteiger partial charge in [0, 0.05) is 0 Å². The standard InChI is InChI=1S/C32H28/c1-5-15-25(16-6-1)29-23-13-14-24-30(26-17-7-2-8-18-26)32(28-21-11-4-12-22-28)31(29)27-19-9-3-10-20-27/h1-12,15-22H,13-14,23-24H2. The Bertz CT molecular complexity index is 1110. The maximum atomic E-state index is 2.27. The molecule has 0 atom stereocenters.